The number of nitrogens with zero attached hydrogens (tertiary/aromatic N) is 2. The summed E-state index contributed by atoms with van der Waals surface area (Å²) in [4.78, 5) is 31.6. The van der Waals surface area contributed by atoms with E-state index in [4.69, 9.17) is 27.9 Å². The fourth-order valence-electron chi connectivity index (χ4n) is 4.30. The van der Waals surface area contributed by atoms with E-state index in [9.17, 15) is 22.8 Å². The van der Waals surface area contributed by atoms with Crippen molar-refractivity contribution in [2.24, 2.45) is 0 Å². The van der Waals surface area contributed by atoms with Crippen LogP contribution in [-0.2, 0) is 4.79 Å². The summed E-state index contributed by atoms with van der Waals surface area (Å²) in [5, 5.41) is 5.73. The van der Waals surface area contributed by atoms with Crippen LogP contribution in [0, 0.1) is 0 Å². The molecule has 2 heterocycles. The number of hydrogen-bond acceptors (Lipinski definition) is 5. The van der Waals surface area contributed by atoms with Crippen LogP contribution in [0.4, 0.5) is 19.0 Å². The molecular weight excluding hydrogens is 544 g/mol. The number of nitrogens with one attached hydrogen (secondary N) is 2. The molecule has 0 aliphatic carbocycles. The van der Waals surface area contributed by atoms with Gasteiger partial charge in [-0.05, 0) is 57.4 Å². The van der Waals surface area contributed by atoms with Gasteiger partial charge < -0.3 is 20.3 Å². The number of halogens is 5. The Morgan fingerprint density at radius 3 is 2.55 bits per heavy atom. The topological polar surface area (TPSA) is 83.6 Å². The maximum absolute atomic E-state index is 13.1. The highest BCUT2D eigenvalue weighted by Gasteiger charge is 2.35. The summed E-state index contributed by atoms with van der Waals surface area (Å²) in [6, 6.07) is 7.88. The van der Waals surface area contributed by atoms with Gasteiger partial charge in [0.25, 0.3) is 11.8 Å². The number of aromatic nitrogens is 1. The van der Waals surface area contributed by atoms with Crippen molar-refractivity contribution in [2.45, 2.75) is 70.3 Å². The van der Waals surface area contributed by atoms with Crippen LogP contribution in [0.2, 0.25) is 10.0 Å². The molecule has 1 aliphatic rings. The summed E-state index contributed by atoms with van der Waals surface area (Å²) in [5.41, 5.74) is -1.15. The molecule has 38 heavy (non-hydrogen) atoms. The van der Waals surface area contributed by atoms with Gasteiger partial charge in [-0.25, -0.2) is 4.98 Å². The average Bonchev–Trinajstić information content (AvgIpc) is 2.85. The number of benzene rings is 1. The van der Waals surface area contributed by atoms with Crippen molar-refractivity contribution >= 4 is 40.8 Å². The SMILES string of the molecule is CCCC1CC(NC(=O)C(C)(C)Oc2cc(Cl)ccc2Cl)CCN1c1ccc(C(=O)NCC(F)(F)F)cn1. The number of pyridine rings is 1. The van der Waals surface area contributed by atoms with Gasteiger partial charge in [0.1, 0.15) is 18.1 Å². The first-order chi connectivity index (χ1) is 17.8. The lowest BCUT2D eigenvalue weighted by Gasteiger charge is -2.41. The summed E-state index contributed by atoms with van der Waals surface area (Å²) >= 11 is 12.2. The van der Waals surface area contributed by atoms with E-state index in [0.29, 0.717) is 41.0 Å². The van der Waals surface area contributed by atoms with E-state index in [1.54, 1.807) is 38.1 Å². The Morgan fingerprint density at radius 2 is 1.92 bits per heavy atom. The molecule has 1 saturated heterocycles. The minimum absolute atomic E-state index is 0.0502. The Morgan fingerprint density at radius 1 is 1.18 bits per heavy atom. The Hall–Kier alpha value is -2.72. The van der Waals surface area contributed by atoms with E-state index in [1.807, 2.05) is 5.32 Å². The maximum Gasteiger partial charge on any atom is 0.405 e. The number of alkyl halides is 3. The molecule has 2 amide bonds. The molecule has 1 aromatic heterocycles. The Kier molecular flexibility index (Phi) is 9.75. The first-order valence-electron chi connectivity index (χ1n) is 12.3. The molecule has 12 heteroatoms. The van der Waals surface area contributed by atoms with E-state index in [1.165, 1.54) is 12.3 Å². The quantitative estimate of drug-likeness (QED) is 0.396. The predicted molar refractivity (Wildman–Crippen MR) is 141 cm³/mol. The second-order valence-corrected chi connectivity index (χ2v) is 10.6. The number of anilines is 1. The second kappa shape index (κ2) is 12.4. The van der Waals surface area contributed by atoms with E-state index in [0.717, 1.165) is 12.8 Å². The average molecular weight is 575 g/mol. The predicted octanol–water partition coefficient (Wildman–Crippen LogP) is 5.79. The van der Waals surface area contributed by atoms with Crippen LogP contribution in [0.5, 0.6) is 5.75 Å². The van der Waals surface area contributed by atoms with E-state index in [-0.39, 0.29) is 23.6 Å². The zero-order valence-corrected chi connectivity index (χ0v) is 22.9. The van der Waals surface area contributed by atoms with Crippen LogP contribution in [0.15, 0.2) is 36.5 Å². The lowest BCUT2D eigenvalue weighted by atomic mass is 9.93. The van der Waals surface area contributed by atoms with Gasteiger partial charge in [0.15, 0.2) is 5.60 Å². The van der Waals surface area contributed by atoms with Crippen LogP contribution in [0.25, 0.3) is 0 Å². The van der Waals surface area contributed by atoms with E-state index < -0.39 is 24.2 Å². The molecular formula is C26H31Cl2F3N4O3. The summed E-state index contributed by atoms with van der Waals surface area (Å²) in [6.45, 7) is 4.58. The molecule has 7 nitrogen and oxygen atoms in total. The van der Waals surface area contributed by atoms with Crippen molar-refractivity contribution < 1.29 is 27.5 Å². The van der Waals surface area contributed by atoms with Gasteiger partial charge in [-0.1, -0.05) is 36.5 Å². The molecule has 1 aromatic carbocycles. The molecule has 0 bridgehead atoms. The molecule has 2 aromatic rings. The molecule has 2 atom stereocenters. The molecule has 208 valence electrons. The number of ether oxygens (including phenoxy) is 1. The molecule has 0 radical (unpaired) electrons. The first-order valence-corrected chi connectivity index (χ1v) is 13.1. The monoisotopic (exact) mass is 574 g/mol. The van der Waals surface area contributed by atoms with Crippen molar-refractivity contribution in [3.8, 4) is 5.75 Å². The molecule has 2 unspecified atom stereocenters. The summed E-state index contributed by atoms with van der Waals surface area (Å²) in [7, 11) is 0. The van der Waals surface area contributed by atoms with Crippen molar-refractivity contribution in [3.05, 3.63) is 52.1 Å². The van der Waals surface area contributed by atoms with Crippen LogP contribution >= 0.6 is 23.2 Å². The highest BCUT2D eigenvalue weighted by atomic mass is 35.5. The van der Waals surface area contributed by atoms with Crippen LogP contribution in [-0.4, -0.2) is 53.7 Å². The number of rotatable bonds is 9. The zero-order chi connectivity index (χ0) is 28.1. The molecule has 3 rings (SSSR count). The van der Waals surface area contributed by atoms with Gasteiger partial charge >= 0.3 is 6.18 Å². The second-order valence-electron chi connectivity index (χ2n) is 9.72. The Balaban J connectivity index is 1.63. The van der Waals surface area contributed by atoms with Gasteiger partial charge in [0.2, 0.25) is 0 Å². The number of piperidine rings is 1. The van der Waals surface area contributed by atoms with Crippen molar-refractivity contribution in [1.82, 2.24) is 15.6 Å². The highest BCUT2D eigenvalue weighted by molar-refractivity contribution is 6.34. The van der Waals surface area contributed by atoms with Crippen LogP contribution in [0.3, 0.4) is 0 Å². The molecule has 0 spiro atoms. The fourth-order valence-corrected chi connectivity index (χ4v) is 4.62. The summed E-state index contributed by atoms with van der Waals surface area (Å²) in [6.07, 6.45) is -0.140. The number of hydrogen-bond donors (Lipinski definition) is 2. The van der Waals surface area contributed by atoms with Gasteiger partial charge in [-0.3, -0.25) is 9.59 Å². The normalized spacial score (nSPS) is 18.2. The largest absolute Gasteiger partial charge is 0.476 e. The van der Waals surface area contributed by atoms with Crippen LogP contribution in [0.1, 0.15) is 56.8 Å². The molecule has 1 fully saturated rings. The fraction of sp³-hybridized carbons (Fsp3) is 0.500. The van der Waals surface area contributed by atoms with Crippen molar-refractivity contribution in [2.75, 3.05) is 18.0 Å². The third kappa shape index (κ3) is 8.14. The van der Waals surface area contributed by atoms with Crippen molar-refractivity contribution in [1.29, 1.82) is 0 Å². The van der Waals surface area contributed by atoms with Gasteiger partial charge in [0, 0.05) is 35.9 Å². The minimum atomic E-state index is -4.49. The zero-order valence-electron chi connectivity index (χ0n) is 21.4. The Bertz CT molecular complexity index is 1130. The van der Waals surface area contributed by atoms with Crippen LogP contribution < -0.4 is 20.3 Å². The molecule has 2 N–H and O–H groups in total. The summed E-state index contributed by atoms with van der Waals surface area (Å²) < 4.78 is 43.0. The van der Waals surface area contributed by atoms with E-state index in [2.05, 4.69) is 22.1 Å². The van der Waals surface area contributed by atoms with Gasteiger partial charge in [0.05, 0.1) is 10.6 Å². The number of carbonyl (C=O) groups excluding carboxylic acids is 2. The first kappa shape index (κ1) is 29.8. The standard InChI is InChI=1S/C26H31Cl2F3N4O3/c1-4-5-19-13-18(34-24(37)25(2,3)38-21-12-17(27)7-8-20(21)28)10-11-35(19)22-9-6-16(14-32-22)23(36)33-15-26(29,30)31/h6-9,12,14,18-19H,4-5,10-11,13,15H2,1-3H3,(H,33,36)(H,34,37). The summed E-state index contributed by atoms with van der Waals surface area (Å²) in [5.74, 6) is -0.175. The third-order valence-electron chi connectivity index (χ3n) is 6.23. The van der Waals surface area contributed by atoms with Gasteiger partial charge in [-0.15, -0.1) is 0 Å². The third-order valence-corrected chi connectivity index (χ3v) is 6.78. The number of amides is 2. The minimum Gasteiger partial charge on any atom is -0.476 e. The smallest absolute Gasteiger partial charge is 0.405 e. The lowest BCUT2D eigenvalue weighted by molar-refractivity contribution is -0.135. The maximum atomic E-state index is 13.1. The van der Waals surface area contributed by atoms with Gasteiger partial charge in [-0.2, -0.15) is 13.2 Å². The molecule has 1 aliphatic heterocycles. The van der Waals surface area contributed by atoms with E-state index >= 15 is 0 Å². The highest BCUT2D eigenvalue weighted by Crippen LogP contribution is 2.31. The van der Waals surface area contributed by atoms with Crippen molar-refractivity contribution in [3.63, 3.8) is 0 Å². The Labute approximate surface area is 230 Å². The lowest BCUT2D eigenvalue weighted by Crippen LogP contribution is -2.55. The number of carbonyl (C=O) groups is 2. The molecule has 0 saturated carbocycles.